The number of carboxylic acid groups (broad SMARTS) is 1. The Hall–Kier alpha value is -4.98. The number of rotatable bonds is 12. The summed E-state index contributed by atoms with van der Waals surface area (Å²) in [5, 5.41) is 18.4. The molecule has 198 valence electrons. The SMILES string of the molecule is O=C(CCCNc1ccccn1)Nc1ccc(C[C@@H](NC(=O)c2cccc(-c3ccccc3)c2)C(=O)O)cc1. The molecule has 0 aliphatic rings. The van der Waals surface area contributed by atoms with Gasteiger partial charge in [0.15, 0.2) is 0 Å². The predicted octanol–water partition coefficient (Wildman–Crippen LogP) is 5.01. The molecule has 0 radical (unpaired) electrons. The van der Waals surface area contributed by atoms with Gasteiger partial charge >= 0.3 is 5.97 Å². The summed E-state index contributed by atoms with van der Waals surface area (Å²) in [4.78, 5) is 41.2. The topological polar surface area (TPSA) is 120 Å². The summed E-state index contributed by atoms with van der Waals surface area (Å²) in [6.45, 7) is 0.627. The zero-order valence-electron chi connectivity index (χ0n) is 21.3. The van der Waals surface area contributed by atoms with Gasteiger partial charge in [-0.05, 0) is 59.5 Å². The molecule has 1 atom stereocenters. The molecule has 4 N–H and O–H groups in total. The lowest BCUT2D eigenvalue weighted by molar-refractivity contribution is -0.139. The van der Waals surface area contributed by atoms with Crippen molar-refractivity contribution in [3.63, 3.8) is 0 Å². The Labute approximate surface area is 227 Å². The molecule has 0 fully saturated rings. The predicted molar refractivity (Wildman–Crippen MR) is 152 cm³/mol. The van der Waals surface area contributed by atoms with Gasteiger partial charge in [0.2, 0.25) is 5.91 Å². The second kappa shape index (κ2) is 13.5. The van der Waals surface area contributed by atoms with Gasteiger partial charge in [-0.2, -0.15) is 0 Å². The van der Waals surface area contributed by atoms with E-state index in [4.69, 9.17) is 0 Å². The average molecular weight is 523 g/mol. The van der Waals surface area contributed by atoms with E-state index in [-0.39, 0.29) is 12.3 Å². The van der Waals surface area contributed by atoms with E-state index in [2.05, 4.69) is 20.9 Å². The summed E-state index contributed by atoms with van der Waals surface area (Å²) < 4.78 is 0. The van der Waals surface area contributed by atoms with Crippen molar-refractivity contribution in [3.05, 3.63) is 114 Å². The van der Waals surface area contributed by atoms with Crippen LogP contribution < -0.4 is 16.0 Å². The van der Waals surface area contributed by atoms with Crippen molar-refractivity contribution in [1.82, 2.24) is 10.3 Å². The maximum atomic E-state index is 12.9. The molecule has 0 bridgehead atoms. The quantitative estimate of drug-likeness (QED) is 0.194. The fraction of sp³-hybridized carbons (Fsp3) is 0.161. The maximum Gasteiger partial charge on any atom is 0.326 e. The van der Waals surface area contributed by atoms with Crippen LogP contribution in [0.2, 0.25) is 0 Å². The molecule has 8 nitrogen and oxygen atoms in total. The average Bonchev–Trinajstić information content (AvgIpc) is 2.97. The third-order valence-electron chi connectivity index (χ3n) is 6.06. The Morgan fingerprint density at radius 1 is 0.821 bits per heavy atom. The van der Waals surface area contributed by atoms with Gasteiger partial charge in [0.05, 0.1) is 0 Å². The van der Waals surface area contributed by atoms with Gasteiger partial charge in [-0.25, -0.2) is 9.78 Å². The highest BCUT2D eigenvalue weighted by Crippen LogP contribution is 2.20. The number of amides is 2. The molecule has 39 heavy (non-hydrogen) atoms. The molecule has 3 aromatic carbocycles. The molecule has 1 heterocycles. The van der Waals surface area contributed by atoms with Crippen LogP contribution in [0.15, 0.2) is 103 Å². The molecular formula is C31H30N4O4. The van der Waals surface area contributed by atoms with Crippen LogP contribution in [0, 0.1) is 0 Å². The number of benzene rings is 3. The van der Waals surface area contributed by atoms with E-state index in [0.717, 1.165) is 22.5 Å². The number of pyridine rings is 1. The number of hydrogen-bond donors (Lipinski definition) is 4. The van der Waals surface area contributed by atoms with Crippen LogP contribution in [0.25, 0.3) is 11.1 Å². The molecule has 0 aliphatic carbocycles. The van der Waals surface area contributed by atoms with Crippen molar-refractivity contribution >= 4 is 29.3 Å². The fourth-order valence-corrected chi connectivity index (χ4v) is 4.03. The van der Waals surface area contributed by atoms with Gasteiger partial charge in [-0.3, -0.25) is 9.59 Å². The van der Waals surface area contributed by atoms with E-state index in [1.165, 1.54) is 0 Å². The van der Waals surface area contributed by atoms with E-state index in [9.17, 15) is 19.5 Å². The molecule has 0 saturated carbocycles. The van der Waals surface area contributed by atoms with Gasteiger partial charge < -0.3 is 21.1 Å². The summed E-state index contributed by atoms with van der Waals surface area (Å²) in [6.07, 6.45) is 2.80. The van der Waals surface area contributed by atoms with Crippen LogP contribution in [0.3, 0.4) is 0 Å². The van der Waals surface area contributed by atoms with Gasteiger partial charge in [0.1, 0.15) is 11.9 Å². The highest BCUT2D eigenvalue weighted by Gasteiger charge is 2.21. The Morgan fingerprint density at radius 2 is 1.56 bits per heavy atom. The monoisotopic (exact) mass is 522 g/mol. The molecule has 1 aromatic heterocycles. The zero-order valence-corrected chi connectivity index (χ0v) is 21.3. The molecule has 0 aliphatic heterocycles. The molecule has 0 saturated heterocycles. The number of carbonyl (C=O) groups is 3. The van der Waals surface area contributed by atoms with Crippen molar-refractivity contribution in [3.8, 4) is 11.1 Å². The standard InChI is InChI=1S/C31H30N4O4/c36-29(13-7-19-33-28-12-4-5-18-32-28)34-26-16-14-22(15-17-26)20-27(31(38)39)35-30(37)25-11-6-10-24(21-25)23-8-2-1-3-9-23/h1-6,8-12,14-18,21,27H,7,13,19-20H2,(H,32,33)(H,34,36)(H,35,37)(H,38,39)/t27-/m1/s1. The van der Waals surface area contributed by atoms with Gasteiger partial charge in [0.25, 0.3) is 5.91 Å². The first-order valence-corrected chi connectivity index (χ1v) is 12.7. The van der Waals surface area contributed by atoms with Gasteiger partial charge in [0, 0.05) is 36.8 Å². The number of anilines is 2. The normalized spacial score (nSPS) is 11.3. The number of nitrogens with zero attached hydrogens (tertiary/aromatic N) is 1. The third kappa shape index (κ3) is 8.26. The van der Waals surface area contributed by atoms with Crippen molar-refractivity contribution < 1.29 is 19.5 Å². The van der Waals surface area contributed by atoms with Crippen LogP contribution >= 0.6 is 0 Å². The molecule has 2 amide bonds. The first-order valence-electron chi connectivity index (χ1n) is 12.7. The number of aromatic nitrogens is 1. The Morgan fingerprint density at radius 3 is 2.28 bits per heavy atom. The molecule has 8 heteroatoms. The number of carboxylic acids is 1. The smallest absolute Gasteiger partial charge is 0.326 e. The number of nitrogens with one attached hydrogen (secondary N) is 3. The Balaban J connectivity index is 1.28. The number of aliphatic carboxylic acids is 1. The van der Waals surface area contributed by atoms with Crippen LogP contribution in [0.1, 0.15) is 28.8 Å². The molecule has 0 unspecified atom stereocenters. The molecule has 0 spiro atoms. The van der Waals surface area contributed by atoms with E-state index < -0.39 is 17.9 Å². The van der Waals surface area contributed by atoms with E-state index >= 15 is 0 Å². The summed E-state index contributed by atoms with van der Waals surface area (Å²) in [7, 11) is 0. The highest BCUT2D eigenvalue weighted by molar-refractivity contribution is 5.97. The minimum Gasteiger partial charge on any atom is -0.480 e. The minimum atomic E-state index is -1.13. The summed E-state index contributed by atoms with van der Waals surface area (Å²) in [5.74, 6) is -0.926. The van der Waals surface area contributed by atoms with Crippen molar-refractivity contribution in [2.75, 3.05) is 17.2 Å². The van der Waals surface area contributed by atoms with Crippen LogP contribution in [0.5, 0.6) is 0 Å². The lowest BCUT2D eigenvalue weighted by Gasteiger charge is -2.15. The zero-order chi connectivity index (χ0) is 27.5. The summed E-state index contributed by atoms with van der Waals surface area (Å²) in [5.41, 5.74) is 3.57. The first kappa shape index (κ1) is 27.1. The van der Waals surface area contributed by atoms with E-state index in [1.54, 1.807) is 48.7 Å². The number of carbonyl (C=O) groups excluding carboxylic acids is 2. The van der Waals surface area contributed by atoms with Crippen molar-refractivity contribution in [2.24, 2.45) is 0 Å². The third-order valence-corrected chi connectivity index (χ3v) is 6.06. The Kier molecular flexibility index (Phi) is 9.39. The fourth-order valence-electron chi connectivity index (χ4n) is 4.03. The minimum absolute atomic E-state index is 0.104. The van der Waals surface area contributed by atoms with Crippen LogP contribution in [-0.4, -0.2) is 40.5 Å². The molecule has 4 rings (SSSR count). The second-order valence-corrected chi connectivity index (χ2v) is 9.01. The largest absolute Gasteiger partial charge is 0.480 e. The van der Waals surface area contributed by atoms with Crippen LogP contribution in [-0.2, 0) is 16.0 Å². The van der Waals surface area contributed by atoms with Gasteiger partial charge in [-0.15, -0.1) is 0 Å². The summed E-state index contributed by atoms with van der Waals surface area (Å²) >= 11 is 0. The highest BCUT2D eigenvalue weighted by atomic mass is 16.4. The lowest BCUT2D eigenvalue weighted by atomic mass is 10.0. The van der Waals surface area contributed by atoms with Crippen molar-refractivity contribution in [1.29, 1.82) is 0 Å². The Bertz CT molecular complexity index is 1390. The maximum absolute atomic E-state index is 12.9. The first-order chi connectivity index (χ1) is 19.0. The van der Waals surface area contributed by atoms with E-state index in [0.29, 0.717) is 30.6 Å². The van der Waals surface area contributed by atoms with Crippen LogP contribution in [0.4, 0.5) is 11.5 Å². The molecule has 4 aromatic rings. The lowest BCUT2D eigenvalue weighted by Crippen LogP contribution is -2.42. The van der Waals surface area contributed by atoms with E-state index in [1.807, 2.05) is 54.6 Å². The summed E-state index contributed by atoms with van der Waals surface area (Å²) in [6, 6.07) is 28.2. The second-order valence-electron chi connectivity index (χ2n) is 9.01. The molecular weight excluding hydrogens is 492 g/mol. The van der Waals surface area contributed by atoms with Crippen molar-refractivity contribution in [2.45, 2.75) is 25.3 Å². The number of hydrogen-bond acceptors (Lipinski definition) is 5. The van der Waals surface area contributed by atoms with Gasteiger partial charge in [-0.1, -0.05) is 60.7 Å².